The number of benzene rings is 5. The van der Waals surface area contributed by atoms with Gasteiger partial charge in [-0.15, -0.1) is 0 Å². The van der Waals surface area contributed by atoms with Crippen molar-refractivity contribution in [2.75, 3.05) is 13.2 Å². The fourth-order valence-electron chi connectivity index (χ4n) is 7.63. The van der Waals surface area contributed by atoms with Crippen LogP contribution in [0.1, 0.15) is 60.9 Å². The molecule has 0 bridgehead atoms. The molecule has 2 aliphatic rings. The summed E-state index contributed by atoms with van der Waals surface area (Å²) in [6.07, 6.45) is -2.72. The molecule has 7 rings (SSSR count). The van der Waals surface area contributed by atoms with Crippen LogP contribution >= 0.6 is 0 Å². The molecule has 0 N–H and O–H groups in total. The molecule has 318 valence electrons. The van der Waals surface area contributed by atoms with Gasteiger partial charge in [0, 0.05) is 13.0 Å². The summed E-state index contributed by atoms with van der Waals surface area (Å²) in [5.74, 6) is 0. The van der Waals surface area contributed by atoms with E-state index in [0.717, 1.165) is 40.7 Å². The second kappa shape index (κ2) is 23.7. The molecule has 9 nitrogen and oxygen atoms in total. The molecular formula is C51H60O9. The molecule has 2 fully saturated rings. The number of ether oxygens (including phenoxy) is 9. The normalized spacial score (nSPS) is 25.5. The van der Waals surface area contributed by atoms with Crippen LogP contribution in [0, 0.1) is 0 Å². The molecule has 0 spiro atoms. The van der Waals surface area contributed by atoms with E-state index in [9.17, 15) is 0 Å². The van der Waals surface area contributed by atoms with Gasteiger partial charge in [0.25, 0.3) is 0 Å². The topological polar surface area (TPSA) is 83.1 Å². The van der Waals surface area contributed by atoms with E-state index in [1.165, 1.54) is 0 Å². The minimum absolute atomic E-state index is 0.225. The van der Waals surface area contributed by atoms with Crippen LogP contribution in [0.4, 0.5) is 0 Å². The molecule has 60 heavy (non-hydrogen) atoms. The Kier molecular flexibility index (Phi) is 17.3. The average molecular weight is 817 g/mol. The molecular weight excluding hydrogens is 757 g/mol. The van der Waals surface area contributed by atoms with Crippen LogP contribution in [0.2, 0.25) is 0 Å². The summed E-state index contributed by atoms with van der Waals surface area (Å²) in [4.78, 5) is 0. The summed E-state index contributed by atoms with van der Waals surface area (Å²) in [7, 11) is 0. The maximum atomic E-state index is 7.15. The highest BCUT2D eigenvalue weighted by Gasteiger charge is 2.51. The Balaban J connectivity index is 1.17. The summed E-state index contributed by atoms with van der Waals surface area (Å²) < 4.78 is 60.7. The molecule has 0 aliphatic carbocycles. The molecule has 0 radical (unpaired) electrons. The molecule has 2 saturated heterocycles. The summed E-state index contributed by atoms with van der Waals surface area (Å²) >= 11 is 0. The van der Waals surface area contributed by atoms with Crippen molar-refractivity contribution < 1.29 is 42.6 Å². The van der Waals surface area contributed by atoms with Crippen LogP contribution in [0.15, 0.2) is 152 Å². The highest BCUT2D eigenvalue weighted by Crippen LogP contribution is 2.35. The van der Waals surface area contributed by atoms with E-state index < -0.39 is 37.0 Å². The van der Waals surface area contributed by atoms with Crippen LogP contribution in [-0.4, -0.2) is 68.5 Å². The number of unbranched alkanes of at least 4 members (excludes halogenated alkanes) is 1. The van der Waals surface area contributed by atoms with Crippen molar-refractivity contribution in [2.24, 2.45) is 0 Å². The van der Waals surface area contributed by atoms with Crippen LogP contribution < -0.4 is 0 Å². The Morgan fingerprint density at radius 2 is 0.933 bits per heavy atom. The summed E-state index contributed by atoms with van der Waals surface area (Å²) in [6, 6.07) is 50.7. The Morgan fingerprint density at radius 3 is 1.43 bits per heavy atom. The highest BCUT2D eigenvalue weighted by atomic mass is 16.7. The minimum Gasteiger partial charge on any atom is -0.374 e. The van der Waals surface area contributed by atoms with Gasteiger partial charge < -0.3 is 42.6 Å². The number of rotatable bonds is 22. The molecule has 0 amide bonds. The van der Waals surface area contributed by atoms with E-state index in [0.29, 0.717) is 46.1 Å². The highest BCUT2D eigenvalue weighted by molar-refractivity contribution is 5.17. The van der Waals surface area contributed by atoms with Gasteiger partial charge in [-0.1, -0.05) is 165 Å². The quantitative estimate of drug-likeness (QED) is 0.0635. The second-order valence-electron chi connectivity index (χ2n) is 15.5. The Labute approximate surface area is 355 Å². The van der Waals surface area contributed by atoms with Crippen molar-refractivity contribution in [1.29, 1.82) is 0 Å². The second-order valence-corrected chi connectivity index (χ2v) is 15.5. The van der Waals surface area contributed by atoms with Crippen molar-refractivity contribution in [3.05, 3.63) is 179 Å². The first-order chi connectivity index (χ1) is 29.6. The van der Waals surface area contributed by atoms with E-state index >= 15 is 0 Å². The number of hydrogen-bond donors (Lipinski definition) is 0. The van der Waals surface area contributed by atoms with Crippen molar-refractivity contribution in [2.45, 2.75) is 121 Å². The summed E-state index contributed by atoms with van der Waals surface area (Å²) in [6.45, 7) is 6.83. The van der Waals surface area contributed by atoms with Gasteiger partial charge in [-0.05, 0) is 41.2 Å². The van der Waals surface area contributed by atoms with Crippen molar-refractivity contribution in [3.63, 3.8) is 0 Å². The SMILES string of the molecule is CCCCO[C@@H]1O[C@H](COCc2ccccc2)[C@@H](O[C@H]2C[C@@H](OCc3ccccc3)[C@H](OCc3ccccc3)[C@@H](C)O2)[C@H](OCc2ccccc2)[C@H]1OCc1ccccc1. The lowest BCUT2D eigenvalue weighted by atomic mass is 9.97. The van der Waals surface area contributed by atoms with Gasteiger partial charge in [-0.2, -0.15) is 0 Å². The monoisotopic (exact) mass is 816 g/mol. The van der Waals surface area contributed by atoms with E-state index in [1.54, 1.807) is 0 Å². The first kappa shape index (κ1) is 43.8. The Morgan fingerprint density at radius 1 is 0.483 bits per heavy atom. The smallest absolute Gasteiger partial charge is 0.186 e. The van der Waals surface area contributed by atoms with Crippen LogP contribution in [-0.2, 0) is 75.7 Å². The largest absolute Gasteiger partial charge is 0.374 e. The average Bonchev–Trinajstić information content (AvgIpc) is 3.29. The molecule has 9 heteroatoms. The third-order valence-electron chi connectivity index (χ3n) is 10.9. The van der Waals surface area contributed by atoms with Crippen LogP contribution in [0.3, 0.4) is 0 Å². The third-order valence-corrected chi connectivity index (χ3v) is 10.9. The predicted molar refractivity (Wildman–Crippen MR) is 230 cm³/mol. The standard InChI is InChI=1S/C51H60O9/c1-3-4-30-53-51-50(57-36-43-28-18-9-19-29-43)49(56-35-42-26-16-8-17-27-42)48(45(59-51)37-52-32-39-20-10-5-11-21-39)60-46-31-44(54-33-40-22-12-6-13-23-40)47(38(2)58-46)55-34-41-24-14-7-15-25-41/h5-29,38,44-51H,3-4,30-37H2,1-2H3/t38-,44-,45-,46+,47-,48-,49+,50-,51-/m1/s1. The first-order valence-corrected chi connectivity index (χ1v) is 21.4. The van der Waals surface area contributed by atoms with E-state index in [2.05, 4.69) is 55.5 Å². The lowest BCUT2D eigenvalue weighted by Crippen LogP contribution is -2.63. The predicted octanol–water partition coefficient (Wildman–Crippen LogP) is 9.61. The molecule has 2 aliphatic heterocycles. The van der Waals surface area contributed by atoms with Crippen molar-refractivity contribution in [3.8, 4) is 0 Å². The Hall–Kier alpha value is -4.26. The van der Waals surface area contributed by atoms with Gasteiger partial charge in [0.05, 0.1) is 51.8 Å². The number of hydrogen-bond acceptors (Lipinski definition) is 9. The van der Waals surface area contributed by atoms with Crippen LogP contribution in [0.5, 0.6) is 0 Å². The van der Waals surface area contributed by atoms with Gasteiger partial charge in [0.1, 0.15) is 30.5 Å². The van der Waals surface area contributed by atoms with Gasteiger partial charge in [-0.25, -0.2) is 0 Å². The molecule has 0 saturated carbocycles. The van der Waals surface area contributed by atoms with E-state index in [-0.39, 0.29) is 24.9 Å². The lowest BCUT2D eigenvalue weighted by Gasteiger charge is -2.48. The third kappa shape index (κ3) is 13.1. The van der Waals surface area contributed by atoms with Gasteiger partial charge in [-0.3, -0.25) is 0 Å². The van der Waals surface area contributed by atoms with Gasteiger partial charge in [0.15, 0.2) is 12.6 Å². The van der Waals surface area contributed by atoms with E-state index in [1.807, 2.05) is 110 Å². The lowest BCUT2D eigenvalue weighted by molar-refractivity contribution is -0.356. The van der Waals surface area contributed by atoms with E-state index in [4.69, 9.17) is 42.6 Å². The Bertz CT molecular complexity index is 1890. The minimum atomic E-state index is -0.741. The molecule has 5 aromatic carbocycles. The maximum Gasteiger partial charge on any atom is 0.186 e. The summed E-state index contributed by atoms with van der Waals surface area (Å²) in [5.41, 5.74) is 5.28. The zero-order valence-corrected chi connectivity index (χ0v) is 34.9. The van der Waals surface area contributed by atoms with Crippen LogP contribution in [0.25, 0.3) is 0 Å². The zero-order chi connectivity index (χ0) is 41.2. The first-order valence-electron chi connectivity index (χ1n) is 21.4. The molecule has 0 unspecified atom stereocenters. The van der Waals surface area contributed by atoms with Gasteiger partial charge >= 0.3 is 0 Å². The fourth-order valence-corrected chi connectivity index (χ4v) is 7.63. The molecule has 9 atom stereocenters. The molecule has 0 aromatic heterocycles. The fraction of sp³-hybridized carbons (Fsp3) is 0.412. The van der Waals surface area contributed by atoms with Crippen molar-refractivity contribution in [1.82, 2.24) is 0 Å². The molecule has 5 aromatic rings. The maximum absolute atomic E-state index is 7.15. The van der Waals surface area contributed by atoms with Crippen molar-refractivity contribution >= 4 is 0 Å². The summed E-state index contributed by atoms with van der Waals surface area (Å²) in [5, 5.41) is 0. The van der Waals surface area contributed by atoms with Gasteiger partial charge in [0.2, 0.25) is 0 Å². The zero-order valence-electron chi connectivity index (χ0n) is 34.9. The molecule has 2 heterocycles.